The molecule has 1 aliphatic rings. The Kier molecular flexibility index (Phi) is 5.57. The number of aliphatic imine (C=N–C) groups is 1. The van der Waals surface area contributed by atoms with Gasteiger partial charge in [0.15, 0.2) is 6.04 Å². The molecule has 0 saturated carbocycles. The van der Waals surface area contributed by atoms with Crippen LogP contribution in [0.1, 0.15) is 16.7 Å². The molecule has 0 aliphatic carbocycles. The van der Waals surface area contributed by atoms with Crippen molar-refractivity contribution in [3.8, 4) is 0 Å². The molecule has 31 heavy (non-hydrogen) atoms. The molecule has 3 aromatic carbocycles. The standard InChI is InChI=1S/C24H19FN4O2/c25-17-12-10-16(11-13-17)22(26)31-24(27)29-21-14-19(15-6-2-1-3-7-15)18-8-4-5-9-20(18)28-23(21)30/h1-14,21,26H,(H2,27,29)(H,28,30). The quantitative estimate of drug-likeness (QED) is 0.447. The number of benzene rings is 3. The summed E-state index contributed by atoms with van der Waals surface area (Å²) >= 11 is 0. The molecule has 1 aliphatic heterocycles. The highest BCUT2D eigenvalue weighted by Crippen LogP contribution is 2.32. The highest BCUT2D eigenvalue weighted by Gasteiger charge is 2.24. The number of hydrogen-bond donors (Lipinski definition) is 3. The van der Waals surface area contributed by atoms with E-state index in [1.165, 1.54) is 24.3 Å². The van der Waals surface area contributed by atoms with E-state index in [0.29, 0.717) is 11.3 Å². The minimum atomic E-state index is -0.969. The van der Waals surface area contributed by atoms with Crippen LogP contribution in [0.25, 0.3) is 5.57 Å². The van der Waals surface area contributed by atoms with E-state index in [-0.39, 0.29) is 17.8 Å². The summed E-state index contributed by atoms with van der Waals surface area (Å²) in [6.07, 6.45) is 1.72. The Morgan fingerprint density at radius 1 is 1.00 bits per heavy atom. The Hall–Kier alpha value is -4.26. The first kappa shape index (κ1) is 20.0. The largest absolute Gasteiger partial charge is 0.407 e. The van der Waals surface area contributed by atoms with Crippen molar-refractivity contribution in [1.82, 2.24) is 0 Å². The number of carbonyl (C=O) groups is 1. The highest BCUT2D eigenvalue weighted by molar-refractivity contribution is 6.05. The van der Waals surface area contributed by atoms with Gasteiger partial charge in [-0.15, -0.1) is 0 Å². The number of hydrogen-bond acceptors (Lipinski definition) is 4. The number of fused-ring (bicyclic) bond motifs is 1. The van der Waals surface area contributed by atoms with Crippen molar-refractivity contribution in [2.45, 2.75) is 6.04 Å². The monoisotopic (exact) mass is 414 g/mol. The molecule has 6 nitrogen and oxygen atoms in total. The number of nitrogens with two attached hydrogens (primary N) is 1. The minimum Gasteiger partial charge on any atom is -0.407 e. The van der Waals surface area contributed by atoms with Crippen LogP contribution in [0, 0.1) is 11.2 Å². The van der Waals surface area contributed by atoms with E-state index in [1.54, 1.807) is 6.08 Å². The van der Waals surface area contributed by atoms with Gasteiger partial charge in [0.1, 0.15) is 5.82 Å². The number of nitrogens with zero attached hydrogens (tertiary/aromatic N) is 1. The number of nitrogens with one attached hydrogen (secondary N) is 2. The molecule has 1 atom stereocenters. The van der Waals surface area contributed by atoms with Gasteiger partial charge in [0, 0.05) is 16.8 Å². The molecule has 1 amide bonds. The van der Waals surface area contributed by atoms with Crippen molar-refractivity contribution >= 4 is 29.1 Å². The summed E-state index contributed by atoms with van der Waals surface area (Å²) < 4.78 is 18.3. The fourth-order valence-electron chi connectivity index (χ4n) is 3.25. The molecule has 0 radical (unpaired) electrons. The molecule has 1 unspecified atom stereocenters. The Morgan fingerprint density at radius 2 is 1.68 bits per heavy atom. The molecular formula is C24H19FN4O2. The smallest absolute Gasteiger partial charge is 0.289 e. The Morgan fingerprint density at radius 3 is 2.42 bits per heavy atom. The predicted octanol–water partition coefficient (Wildman–Crippen LogP) is 3.93. The number of halogens is 1. The molecule has 3 aromatic rings. The third-order valence-corrected chi connectivity index (χ3v) is 4.73. The zero-order valence-corrected chi connectivity index (χ0v) is 16.4. The summed E-state index contributed by atoms with van der Waals surface area (Å²) in [5.41, 5.74) is 9.48. The predicted molar refractivity (Wildman–Crippen MR) is 118 cm³/mol. The van der Waals surface area contributed by atoms with E-state index >= 15 is 0 Å². The molecule has 7 heteroatoms. The van der Waals surface area contributed by atoms with E-state index < -0.39 is 11.9 Å². The first-order valence-corrected chi connectivity index (χ1v) is 9.54. The lowest BCUT2D eigenvalue weighted by atomic mass is 9.96. The maximum atomic E-state index is 13.1. The molecule has 4 N–H and O–H groups in total. The molecule has 0 spiro atoms. The van der Waals surface area contributed by atoms with Crippen LogP contribution in [0.2, 0.25) is 0 Å². The number of rotatable bonds is 3. The van der Waals surface area contributed by atoms with Crippen LogP contribution in [0.15, 0.2) is 89.9 Å². The lowest BCUT2D eigenvalue weighted by Gasteiger charge is -2.10. The van der Waals surface area contributed by atoms with Crippen molar-refractivity contribution in [3.63, 3.8) is 0 Å². The summed E-state index contributed by atoms with van der Waals surface area (Å²) in [5, 5.41) is 10.9. The first-order valence-electron chi connectivity index (χ1n) is 9.54. The number of amidine groups is 1. The van der Waals surface area contributed by atoms with Crippen molar-refractivity contribution in [3.05, 3.63) is 107 Å². The molecule has 154 valence electrons. The Labute approximate surface area is 178 Å². The van der Waals surface area contributed by atoms with Crippen LogP contribution in [0.4, 0.5) is 10.1 Å². The van der Waals surface area contributed by atoms with Crippen LogP contribution in [-0.4, -0.2) is 23.9 Å². The lowest BCUT2D eigenvalue weighted by molar-refractivity contribution is -0.116. The lowest BCUT2D eigenvalue weighted by Crippen LogP contribution is -2.29. The summed E-state index contributed by atoms with van der Waals surface area (Å²) in [5.74, 6) is -1.10. The number of carbonyl (C=O) groups excluding carboxylic acids is 1. The first-order chi connectivity index (χ1) is 15.0. The van der Waals surface area contributed by atoms with Gasteiger partial charge in [-0.25, -0.2) is 9.38 Å². The van der Waals surface area contributed by atoms with Gasteiger partial charge < -0.3 is 15.8 Å². The Bertz CT molecular complexity index is 1190. The summed E-state index contributed by atoms with van der Waals surface area (Å²) in [6.45, 7) is 0. The zero-order valence-electron chi connectivity index (χ0n) is 16.4. The fraction of sp³-hybridized carbons (Fsp3) is 0.0417. The maximum absolute atomic E-state index is 13.1. The fourth-order valence-corrected chi connectivity index (χ4v) is 3.25. The van der Waals surface area contributed by atoms with Gasteiger partial charge >= 0.3 is 0 Å². The second kappa shape index (κ2) is 8.62. The average molecular weight is 414 g/mol. The van der Waals surface area contributed by atoms with Gasteiger partial charge in [0.25, 0.3) is 11.9 Å². The molecule has 0 bridgehead atoms. The molecule has 0 fully saturated rings. The summed E-state index contributed by atoms with van der Waals surface area (Å²) in [7, 11) is 0. The third kappa shape index (κ3) is 4.51. The molecule has 0 saturated heterocycles. The molecule has 0 aromatic heterocycles. The number of anilines is 1. The normalized spacial score (nSPS) is 15.9. The van der Waals surface area contributed by atoms with Crippen molar-refractivity contribution in [2.75, 3.05) is 5.32 Å². The van der Waals surface area contributed by atoms with E-state index in [4.69, 9.17) is 15.9 Å². The van der Waals surface area contributed by atoms with Crippen LogP contribution in [-0.2, 0) is 9.53 Å². The molecular weight excluding hydrogens is 395 g/mol. The maximum Gasteiger partial charge on any atom is 0.289 e. The zero-order chi connectivity index (χ0) is 21.8. The second-order valence-corrected chi connectivity index (χ2v) is 6.83. The molecule has 4 rings (SSSR count). The highest BCUT2D eigenvalue weighted by atomic mass is 19.1. The van der Waals surface area contributed by atoms with Crippen molar-refractivity contribution in [2.24, 2.45) is 10.7 Å². The van der Waals surface area contributed by atoms with Gasteiger partial charge in [-0.05, 0) is 47.5 Å². The number of ether oxygens (including phenoxy) is 1. The van der Waals surface area contributed by atoms with Gasteiger partial charge in [0.2, 0.25) is 5.90 Å². The molecule has 1 heterocycles. The van der Waals surface area contributed by atoms with Crippen LogP contribution in [0.5, 0.6) is 0 Å². The SMILES string of the molecule is N=C(OC(N)=NC1C=C(c2ccccc2)c2ccccc2NC1=O)c1ccc(F)cc1. The van der Waals surface area contributed by atoms with Gasteiger partial charge in [-0.3, -0.25) is 10.2 Å². The summed E-state index contributed by atoms with van der Waals surface area (Å²) in [6, 6.07) is 21.0. The van der Waals surface area contributed by atoms with E-state index in [2.05, 4.69) is 10.3 Å². The summed E-state index contributed by atoms with van der Waals surface area (Å²) in [4.78, 5) is 17.0. The van der Waals surface area contributed by atoms with Crippen molar-refractivity contribution in [1.29, 1.82) is 5.41 Å². The van der Waals surface area contributed by atoms with Crippen LogP contribution in [0.3, 0.4) is 0 Å². The number of para-hydroxylation sites is 1. The topological polar surface area (TPSA) is 101 Å². The average Bonchev–Trinajstić information content (AvgIpc) is 2.91. The van der Waals surface area contributed by atoms with Gasteiger partial charge in [-0.2, -0.15) is 0 Å². The second-order valence-electron chi connectivity index (χ2n) is 6.83. The van der Waals surface area contributed by atoms with Crippen LogP contribution < -0.4 is 11.1 Å². The van der Waals surface area contributed by atoms with E-state index in [0.717, 1.165) is 16.7 Å². The van der Waals surface area contributed by atoms with Crippen molar-refractivity contribution < 1.29 is 13.9 Å². The Balaban J connectivity index is 1.66. The van der Waals surface area contributed by atoms with E-state index in [1.807, 2.05) is 54.6 Å². The van der Waals surface area contributed by atoms with E-state index in [9.17, 15) is 9.18 Å². The number of amides is 1. The minimum absolute atomic E-state index is 0.300. The van der Waals surface area contributed by atoms with Gasteiger partial charge in [0.05, 0.1) is 0 Å². The van der Waals surface area contributed by atoms with Gasteiger partial charge in [-0.1, -0.05) is 48.5 Å². The third-order valence-electron chi connectivity index (χ3n) is 4.73. The van der Waals surface area contributed by atoms with Crippen LogP contribution >= 0.6 is 0 Å².